The fraction of sp³-hybridized carbons (Fsp3) is 0.176. The van der Waals surface area contributed by atoms with Crippen molar-refractivity contribution in [3.05, 3.63) is 64.2 Å². The molecule has 5 heteroatoms. The van der Waals surface area contributed by atoms with Crippen molar-refractivity contribution in [2.75, 3.05) is 5.32 Å². The summed E-state index contributed by atoms with van der Waals surface area (Å²) in [6.07, 6.45) is 0.466. The van der Waals surface area contributed by atoms with E-state index in [4.69, 9.17) is 17.3 Å². The van der Waals surface area contributed by atoms with E-state index in [0.717, 1.165) is 11.1 Å². The number of hydrogen-bond acceptors (Lipinski definition) is 2. The number of halogens is 1. The van der Waals surface area contributed by atoms with Gasteiger partial charge in [-0.1, -0.05) is 35.9 Å². The summed E-state index contributed by atoms with van der Waals surface area (Å²) in [5.74, 6) is -0.577. The van der Waals surface area contributed by atoms with E-state index in [1.807, 2.05) is 25.1 Å². The van der Waals surface area contributed by atoms with E-state index in [0.29, 0.717) is 22.7 Å². The molecule has 0 aliphatic carbocycles. The summed E-state index contributed by atoms with van der Waals surface area (Å²) in [6, 6.07) is 12.5. The minimum absolute atomic E-state index is 0.0971. The highest BCUT2D eigenvalue weighted by Crippen LogP contribution is 2.43. The van der Waals surface area contributed by atoms with Crippen LogP contribution in [0.2, 0.25) is 5.02 Å². The summed E-state index contributed by atoms with van der Waals surface area (Å²) >= 11 is 6.16. The second-order valence-corrected chi connectivity index (χ2v) is 6.10. The summed E-state index contributed by atoms with van der Waals surface area (Å²) in [4.78, 5) is 23.8. The highest BCUT2D eigenvalue weighted by atomic mass is 35.5. The maximum Gasteiger partial charge on any atom is 0.248 e. The minimum atomic E-state index is -0.726. The average Bonchev–Trinajstić information content (AvgIpc) is 2.73. The molecule has 3 rings (SSSR count). The number of amides is 2. The van der Waals surface area contributed by atoms with E-state index in [2.05, 4.69) is 5.32 Å². The van der Waals surface area contributed by atoms with Crippen LogP contribution in [-0.4, -0.2) is 11.8 Å². The highest BCUT2D eigenvalue weighted by molar-refractivity contribution is 6.34. The van der Waals surface area contributed by atoms with Gasteiger partial charge in [0.05, 0.1) is 16.1 Å². The van der Waals surface area contributed by atoms with Crippen molar-refractivity contribution in [2.45, 2.75) is 18.8 Å². The third-order valence-electron chi connectivity index (χ3n) is 4.12. The molecule has 2 amide bonds. The topological polar surface area (TPSA) is 72.2 Å². The van der Waals surface area contributed by atoms with E-state index < -0.39 is 11.3 Å². The van der Waals surface area contributed by atoms with Gasteiger partial charge in [-0.2, -0.15) is 0 Å². The van der Waals surface area contributed by atoms with Crippen LogP contribution in [0.15, 0.2) is 42.5 Å². The molecule has 0 bridgehead atoms. The van der Waals surface area contributed by atoms with Crippen LogP contribution in [0.4, 0.5) is 5.69 Å². The maximum atomic E-state index is 12.5. The number of nitrogens with two attached hydrogens (primary N) is 1. The number of para-hydroxylation sites is 1. The Kier molecular flexibility index (Phi) is 3.41. The lowest BCUT2D eigenvalue weighted by Crippen LogP contribution is -2.33. The standard InChI is InChI=1S/C17H15ClN2O2/c1-17(9-10-4-2-5-11(8-10)15(19)21)12-6-3-7-13(18)14(12)20-16(17)22/h2-8H,9H2,1H3,(H2,19,21)(H,20,22). The fourth-order valence-corrected chi connectivity index (χ4v) is 3.12. The van der Waals surface area contributed by atoms with E-state index in [1.165, 1.54) is 0 Å². The van der Waals surface area contributed by atoms with Crippen LogP contribution < -0.4 is 11.1 Å². The van der Waals surface area contributed by atoms with Gasteiger partial charge < -0.3 is 11.1 Å². The van der Waals surface area contributed by atoms with Crippen molar-refractivity contribution >= 4 is 29.1 Å². The van der Waals surface area contributed by atoms with Gasteiger partial charge in [0.15, 0.2) is 0 Å². The molecule has 2 aromatic rings. The summed E-state index contributed by atoms with van der Waals surface area (Å²) in [7, 11) is 0. The Morgan fingerprint density at radius 1 is 1.27 bits per heavy atom. The van der Waals surface area contributed by atoms with Crippen molar-refractivity contribution in [1.82, 2.24) is 0 Å². The van der Waals surface area contributed by atoms with Crippen molar-refractivity contribution in [3.8, 4) is 0 Å². The lowest BCUT2D eigenvalue weighted by atomic mass is 9.78. The molecule has 1 aliphatic heterocycles. The zero-order chi connectivity index (χ0) is 15.9. The molecule has 0 fully saturated rings. The van der Waals surface area contributed by atoms with Crippen molar-refractivity contribution in [3.63, 3.8) is 0 Å². The Balaban J connectivity index is 2.02. The van der Waals surface area contributed by atoms with E-state index in [-0.39, 0.29) is 5.91 Å². The second-order valence-electron chi connectivity index (χ2n) is 5.69. The number of fused-ring (bicyclic) bond motifs is 1. The predicted molar refractivity (Wildman–Crippen MR) is 86.1 cm³/mol. The monoisotopic (exact) mass is 314 g/mol. The van der Waals surface area contributed by atoms with E-state index >= 15 is 0 Å². The number of nitrogens with one attached hydrogen (secondary N) is 1. The molecule has 3 N–H and O–H groups in total. The normalized spacial score (nSPS) is 19.6. The number of anilines is 1. The molecule has 0 aromatic heterocycles. The van der Waals surface area contributed by atoms with Crippen LogP contribution in [0.25, 0.3) is 0 Å². The molecule has 0 spiro atoms. The molecule has 1 aliphatic rings. The van der Waals surface area contributed by atoms with Crippen LogP contribution >= 0.6 is 11.6 Å². The SMILES string of the molecule is CC1(Cc2cccc(C(N)=O)c2)C(=O)Nc2c(Cl)cccc21. The van der Waals surface area contributed by atoms with Gasteiger partial charge in [0.25, 0.3) is 0 Å². The number of benzene rings is 2. The molecular weight excluding hydrogens is 300 g/mol. The second kappa shape index (κ2) is 5.14. The van der Waals surface area contributed by atoms with Crippen LogP contribution in [0, 0.1) is 0 Å². The van der Waals surface area contributed by atoms with Gasteiger partial charge in [0.1, 0.15) is 0 Å². The fourth-order valence-electron chi connectivity index (χ4n) is 2.90. The number of carbonyl (C=O) groups is 2. The summed E-state index contributed by atoms with van der Waals surface area (Å²) < 4.78 is 0. The highest BCUT2D eigenvalue weighted by Gasteiger charge is 2.43. The van der Waals surface area contributed by atoms with Gasteiger partial charge >= 0.3 is 0 Å². The van der Waals surface area contributed by atoms with Gasteiger partial charge in [0.2, 0.25) is 11.8 Å². The summed E-state index contributed by atoms with van der Waals surface area (Å²) in [6.45, 7) is 1.88. The van der Waals surface area contributed by atoms with Gasteiger partial charge in [0, 0.05) is 5.56 Å². The van der Waals surface area contributed by atoms with Crippen LogP contribution in [0.3, 0.4) is 0 Å². The first kappa shape index (κ1) is 14.6. The van der Waals surface area contributed by atoms with Gasteiger partial charge in [-0.3, -0.25) is 9.59 Å². The number of primary amides is 1. The number of carbonyl (C=O) groups excluding carboxylic acids is 2. The van der Waals surface area contributed by atoms with Crippen molar-refractivity contribution < 1.29 is 9.59 Å². The Labute approximate surface area is 133 Å². The Hall–Kier alpha value is -2.33. The molecule has 1 unspecified atom stereocenters. The van der Waals surface area contributed by atoms with Crippen LogP contribution in [0.5, 0.6) is 0 Å². The quantitative estimate of drug-likeness (QED) is 0.914. The Morgan fingerprint density at radius 2 is 2.00 bits per heavy atom. The largest absolute Gasteiger partial charge is 0.366 e. The Morgan fingerprint density at radius 3 is 2.73 bits per heavy atom. The molecular formula is C17H15ClN2O2. The molecule has 2 aromatic carbocycles. The molecule has 112 valence electrons. The smallest absolute Gasteiger partial charge is 0.248 e. The van der Waals surface area contributed by atoms with Crippen molar-refractivity contribution in [2.24, 2.45) is 5.73 Å². The van der Waals surface area contributed by atoms with Crippen LogP contribution in [0.1, 0.15) is 28.4 Å². The van der Waals surface area contributed by atoms with Gasteiger partial charge in [-0.15, -0.1) is 0 Å². The van der Waals surface area contributed by atoms with Crippen LogP contribution in [-0.2, 0) is 16.6 Å². The number of rotatable bonds is 3. The average molecular weight is 315 g/mol. The van der Waals surface area contributed by atoms with Crippen molar-refractivity contribution in [1.29, 1.82) is 0 Å². The molecule has 0 saturated heterocycles. The van der Waals surface area contributed by atoms with E-state index in [1.54, 1.807) is 24.3 Å². The summed E-state index contributed by atoms with van der Waals surface area (Å²) in [5.41, 5.74) is 7.44. The molecule has 0 saturated carbocycles. The van der Waals surface area contributed by atoms with E-state index in [9.17, 15) is 9.59 Å². The predicted octanol–water partition coefficient (Wildman–Crippen LogP) is 2.89. The zero-order valence-electron chi connectivity index (χ0n) is 12.0. The third kappa shape index (κ3) is 2.25. The lowest BCUT2D eigenvalue weighted by molar-refractivity contribution is -0.120. The first-order valence-electron chi connectivity index (χ1n) is 6.91. The first-order valence-corrected chi connectivity index (χ1v) is 7.29. The number of hydrogen-bond donors (Lipinski definition) is 2. The molecule has 1 heterocycles. The Bertz CT molecular complexity index is 788. The molecule has 4 nitrogen and oxygen atoms in total. The molecule has 1 atom stereocenters. The van der Waals surface area contributed by atoms with Gasteiger partial charge in [-0.05, 0) is 42.7 Å². The van der Waals surface area contributed by atoms with Gasteiger partial charge in [-0.25, -0.2) is 0 Å². The molecule has 0 radical (unpaired) electrons. The minimum Gasteiger partial charge on any atom is -0.366 e. The first-order chi connectivity index (χ1) is 10.4. The third-order valence-corrected chi connectivity index (χ3v) is 4.43. The summed E-state index contributed by atoms with van der Waals surface area (Å²) in [5, 5.41) is 3.38. The maximum absolute atomic E-state index is 12.5. The zero-order valence-corrected chi connectivity index (χ0v) is 12.8. The lowest BCUT2D eigenvalue weighted by Gasteiger charge is -2.22. The molecule has 22 heavy (non-hydrogen) atoms.